The summed E-state index contributed by atoms with van der Waals surface area (Å²) in [5, 5.41) is 4.22. The minimum Gasteiger partial charge on any atom is -0.492 e. The van der Waals surface area contributed by atoms with Gasteiger partial charge in [0.25, 0.3) is 0 Å². The first kappa shape index (κ1) is 18.4. The van der Waals surface area contributed by atoms with E-state index in [1.54, 1.807) is 0 Å². The molecular weight excluding hydrogens is 362 g/mol. The lowest BCUT2D eigenvalue weighted by Crippen LogP contribution is -2.37. The molecule has 1 spiro atoms. The Morgan fingerprint density at radius 2 is 1.93 bits per heavy atom. The number of carbonyl (C=O) groups excluding carboxylic acids is 1. The topological polar surface area (TPSA) is 51.5 Å². The first-order chi connectivity index (χ1) is 14.2. The highest BCUT2D eigenvalue weighted by atomic mass is 16.5. The molecule has 0 bridgehead atoms. The smallest absolute Gasteiger partial charge is 0.197 e. The number of rotatable bonds is 5. The van der Waals surface area contributed by atoms with E-state index in [1.165, 1.54) is 6.42 Å². The number of hydrogen-bond donors (Lipinski definition) is 1. The zero-order chi connectivity index (χ0) is 19.8. The van der Waals surface area contributed by atoms with E-state index in [4.69, 9.17) is 9.15 Å². The Balaban J connectivity index is 1.64. The van der Waals surface area contributed by atoms with E-state index in [9.17, 15) is 4.79 Å². The molecule has 150 valence electrons. The van der Waals surface area contributed by atoms with Crippen molar-refractivity contribution in [1.82, 2.24) is 5.32 Å². The van der Waals surface area contributed by atoms with Crippen molar-refractivity contribution < 1.29 is 13.9 Å². The SMILES string of the molecule is CCNCCOc1ccc2c(c1)C1(CCCCC1)c1oc3ccccc3c1C2=O. The summed E-state index contributed by atoms with van der Waals surface area (Å²) in [6, 6.07) is 13.9. The second-order valence-electron chi connectivity index (χ2n) is 8.18. The third-order valence-electron chi connectivity index (χ3n) is 6.51. The van der Waals surface area contributed by atoms with Crippen molar-refractivity contribution >= 4 is 16.8 Å². The van der Waals surface area contributed by atoms with Gasteiger partial charge in [-0.15, -0.1) is 0 Å². The van der Waals surface area contributed by atoms with Crippen LogP contribution < -0.4 is 10.1 Å². The molecule has 0 saturated heterocycles. The number of para-hydroxylation sites is 1. The number of nitrogens with one attached hydrogen (secondary N) is 1. The Labute approximate surface area is 171 Å². The van der Waals surface area contributed by atoms with Crippen LogP contribution in [0.25, 0.3) is 11.0 Å². The highest BCUT2D eigenvalue weighted by Gasteiger charge is 2.48. The molecule has 1 heterocycles. The van der Waals surface area contributed by atoms with E-state index in [2.05, 4.69) is 18.3 Å². The van der Waals surface area contributed by atoms with Crippen LogP contribution in [0.3, 0.4) is 0 Å². The molecule has 3 aromatic rings. The lowest BCUT2D eigenvalue weighted by Gasteiger charge is -2.40. The van der Waals surface area contributed by atoms with Gasteiger partial charge in [0.2, 0.25) is 0 Å². The predicted octanol–water partition coefficient (Wildman–Crippen LogP) is 5.22. The molecule has 0 aliphatic heterocycles. The summed E-state index contributed by atoms with van der Waals surface area (Å²) >= 11 is 0. The number of ketones is 1. The summed E-state index contributed by atoms with van der Waals surface area (Å²) in [6.07, 6.45) is 5.56. The zero-order valence-electron chi connectivity index (χ0n) is 16.9. The third-order valence-corrected chi connectivity index (χ3v) is 6.51. The molecule has 0 amide bonds. The van der Waals surface area contributed by atoms with Crippen LogP contribution in [0, 0.1) is 0 Å². The Morgan fingerprint density at radius 3 is 2.76 bits per heavy atom. The lowest BCUT2D eigenvalue weighted by atomic mass is 9.62. The summed E-state index contributed by atoms with van der Waals surface area (Å²) in [5.74, 6) is 1.79. The van der Waals surface area contributed by atoms with Gasteiger partial charge in [-0.25, -0.2) is 0 Å². The van der Waals surface area contributed by atoms with E-state index in [1.807, 2.05) is 36.4 Å². The minimum absolute atomic E-state index is 0.0790. The van der Waals surface area contributed by atoms with Crippen LogP contribution >= 0.6 is 0 Å². The predicted molar refractivity (Wildman–Crippen MR) is 114 cm³/mol. The molecule has 29 heavy (non-hydrogen) atoms. The fraction of sp³-hybridized carbons (Fsp3) is 0.400. The van der Waals surface area contributed by atoms with Crippen molar-refractivity contribution in [2.45, 2.75) is 44.4 Å². The van der Waals surface area contributed by atoms with Crippen molar-refractivity contribution in [3.05, 3.63) is 64.9 Å². The van der Waals surface area contributed by atoms with Gasteiger partial charge in [-0.3, -0.25) is 4.79 Å². The van der Waals surface area contributed by atoms with Crippen LogP contribution in [0.15, 0.2) is 46.9 Å². The van der Waals surface area contributed by atoms with Gasteiger partial charge in [-0.05, 0) is 49.2 Å². The normalized spacial score (nSPS) is 17.3. The summed E-state index contributed by atoms with van der Waals surface area (Å²) in [5.41, 5.74) is 3.26. The molecule has 4 nitrogen and oxygen atoms in total. The maximum absolute atomic E-state index is 13.5. The van der Waals surface area contributed by atoms with Crippen molar-refractivity contribution in [3.63, 3.8) is 0 Å². The molecule has 1 aromatic heterocycles. The number of benzene rings is 2. The van der Waals surface area contributed by atoms with Gasteiger partial charge in [-0.2, -0.15) is 0 Å². The Morgan fingerprint density at radius 1 is 1.10 bits per heavy atom. The number of fused-ring (bicyclic) bond motifs is 6. The number of hydrogen-bond acceptors (Lipinski definition) is 4. The quantitative estimate of drug-likeness (QED) is 0.608. The van der Waals surface area contributed by atoms with E-state index >= 15 is 0 Å². The van der Waals surface area contributed by atoms with Gasteiger partial charge < -0.3 is 14.5 Å². The van der Waals surface area contributed by atoms with Gasteiger partial charge in [0.05, 0.1) is 11.0 Å². The molecule has 2 aliphatic rings. The van der Waals surface area contributed by atoms with Gasteiger partial charge in [0, 0.05) is 17.5 Å². The van der Waals surface area contributed by atoms with Crippen molar-refractivity contribution in [2.75, 3.05) is 19.7 Å². The molecule has 0 unspecified atom stereocenters. The monoisotopic (exact) mass is 389 g/mol. The van der Waals surface area contributed by atoms with E-state index in [0.717, 1.165) is 77.9 Å². The Kier molecular flexibility index (Phi) is 4.67. The van der Waals surface area contributed by atoms with E-state index in [0.29, 0.717) is 6.61 Å². The second kappa shape index (κ2) is 7.34. The number of carbonyl (C=O) groups is 1. The third kappa shape index (κ3) is 2.89. The minimum atomic E-state index is -0.225. The van der Waals surface area contributed by atoms with Crippen LogP contribution in [-0.2, 0) is 5.41 Å². The summed E-state index contributed by atoms with van der Waals surface area (Å²) < 4.78 is 12.4. The van der Waals surface area contributed by atoms with Crippen molar-refractivity contribution in [2.24, 2.45) is 0 Å². The van der Waals surface area contributed by atoms with Gasteiger partial charge in [-0.1, -0.05) is 44.4 Å². The molecule has 0 radical (unpaired) electrons. The molecule has 1 saturated carbocycles. The summed E-state index contributed by atoms with van der Waals surface area (Å²) in [7, 11) is 0. The van der Waals surface area contributed by atoms with Gasteiger partial charge >= 0.3 is 0 Å². The van der Waals surface area contributed by atoms with Gasteiger partial charge in [0.1, 0.15) is 23.7 Å². The molecule has 1 fully saturated rings. The summed E-state index contributed by atoms with van der Waals surface area (Å²) in [6.45, 7) is 4.44. The van der Waals surface area contributed by atoms with Crippen LogP contribution in [0.5, 0.6) is 5.75 Å². The lowest BCUT2D eigenvalue weighted by molar-refractivity contribution is 0.102. The molecule has 5 rings (SSSR count). The second-order valence-corrected chi connectivity index (χ2v) is 8.18. The number of furan rings is 1. The van der Waals surface area contributed by atoms with Crippen LogP contribution in [0.1, 0.15) is 66.3 Å². The molecule has 4 heteroatoms. The van der Waals surface area contributed by atoms with Crippen LogP contribution in [0.4, 0.5) is 0 Å². The van der Waals surface area contributed by atoms with Crippen LogP contribution in [0.2, 0.25) is 0 Å². The molecule has 2 aromatic carbocycles. The average Bonchev–Trinajstić information content (AvgIpc) is 3.17. The van der Waals surface area contributed by atoms with Crippen LogP contribution in [-0.4, -0.2) is 25.5 Å². The number of likely N-dealkylation sites (N-methyl/N-ethyl adjacent to an activating group) is 1. The maximum atomic E-state index is 13.5. The maximum Gasteiger partial charge on any atom is 0.197 e. The van der Waals surface area contributed by atoms with E-state index < -0.39 is 0 Å². The summed E-state index contributed by atoms with van der Waals surface area (Å²) in [4.78, 5) is 13.5. The Bertz CT molecular complexity index is 1060. The van der Waals surface area contributed by atoms with Crippen molar-refractivity contribution in [1.29, 1.82) is 0 Å². The zero-order valence-corrected chi connectivity index (χ0v) is 16.9. The molecule has 2 aliphatic carbocycles. The van der Waals surface area contributed by atoms with E-state index in [-0.39, 0.29) is 11.2 Å². The average molecular weight is 389 g/mol. The largest absolute Gasteiger partial charge is 0.492 e. The number of ether oxygens (including phenoxy) is 1. The van der Waals surface area contributed by atoms with Crippen molar-refractivity contribution in [3.8, 4) is 5.75 Å². The Hall–Kier alpha value is -2.59. The fourth-order valence-corrected chi connectivity index (χ4v) is 5.14. The first-order valence-corrected chi connectivity index (χ1v) is 10.8. The molecular formula is C25H27NO3. The standard InChI is InChI=1S/C25H27NO3/c1-2-26-14-15-28-17-10-11-18-20(16-17)25(12-6-3-7-13-25)24-22(23(18)27)19-8-4-5-9-21(19)29-24/h4-5,8-11,16,26H,2-3,6-7,12-15H2,1H3. The molecule has 0 atom stereocenters. The van der Waals surface area contributed by atoms with Gasteiger partial charge in [0.15, 0.2) is 5.78 Å². The fourth-order valence-electron chi connectivity index (χ4n) is 5.14. The molecule has 1 N–H and O–H groups in total. The highest BCUT2D eigenvalue weighted by Crippen LogP contribution is 2.53. The highest BCUT2D eigenvalue weighted by molar-refractivity contribution is 6.19. The first-order valence-electron chi connectivity index (χ1n) is 10.8.